The largest absolute Gasteiger partial charge is 0.394 e. The van der Waals surface area contributed by atoms with Gasteiger partial charge in [0.15, 0.2) is 12.6 Å². The van der Waals surface area contributed by atoms with E-state index in [4.69, 9.17) is 66.3 Å². The molecule has 518 valence electrons. The molecule has 15 nitrogen and oxygen atoms in total. The lowest BCUT2D eigenvalue weighted by molar-refractivity contribution is -0.385. The molecule has 0 saturated carbocycles. The molecule has 9 aromatic rings. The van der Waals surface area contributed by atoms with Gasteiger partial charge in [-0.1, -0.05) is 280 Å². The first-order chi connectivity index (χ1) is 49.0. The summed E-state index contributed by atoms with van der Waals surface area (Å²) >= 11 is 1.63. The maximum Gasteiger partial charge on any atom is 0.187 e. The minimum atomic E-state index is -1.30. The predicted octanol–water partition coefficient (Wildman–Crippen LogP) is 14.2. The Morgan fingerprint density at radius 3 is 0.889 bits per heavy atom. The van der Waals surface area contributed by atoms with E-state index in [0.29, 0.717) is 12.4 Å². The van der Waals surface area contributed by atoms with Gasteiger partial charge < -0.3 is 71.4 Å². The Kier molecular flexibility index (Phi) is 27.8. The first-order valence-corrected chi connectivity index (χ1v) is 35.4. The average Bonchev–Trinajstić information content (AvgIpc) is 0.774. The van der Waals surface area contributed by atoms with Crippen LogP contribution >= 0.6 is 11.8 Å². The molecule has 3 saturated heterocycles. The molecule has 0 bridgehead atoms. The van der Waals surface area contributed by atoms with E-state index in [9.17, 15) is 5.11 Å². The molecule has 0 amide bonds. The van der Waals surface area contributed by atoms with Crippen LogP contribution in [0, 0.1) is 0 Å². The van der Waals surface area contributed by atoms with Gasteiger partial charge in [0.2, 0.25) is 0 Å². The van der Waals surface area contributed by atoms with Gasteiger partial charge in [-0.15, -0.1) is 11.8 Å². The quantitative estimate of drug-likeness (QED) is 0.0396. The molecule has 3 aliphatic heterocycles. The molecule has 0 aromatic heterocycles. The lowest BCUT2D eigenvalue weighted by Crippen LogP contribution is -2.67. The summed E-state index contributed by atoms with van der Waals surface area (Å²) in [6.07, 6.45) is -13.1. The maximum atomic E-state index is 11.7. The standard InChI is InChI=1S/C83H90O15S/c1-2-99-83-80(93-57-68-46-28-11-29-47-68)77(91-55-66-42-24-9-25-43-66)74(88-52-63-36-18-6-19-37-63)71(97-83)59-94-81-79(76(90-54-65-40-22-8-23-41-65)73(87-51-62-34-16-5-17-35-62)70(96-81)58-85-49-60-30-12-3-13-31-60)98-82-78(92-56-67-44-26-10-27-45-67)75(89-53-64-38-20-7-21-39-64)72(69(48-84)95-82)86-50-61-32-14-4-15-33-61/h3-47,69-84H,2,48-59H2,1H3/t69-,70-,71-,72-,73-,74-,75+,76+,77+,78+,79+,80+,81+,82-,83-/m1/s1. The van der Waals surface area contributed by atoms with Crippen molar-refractivity contribution in [2.75, 3.05) is 25.6 Å². The number of aliphatic hydroxyl groups excluding tert-OH is 1. The number of hydrogen-bond donors (Lipinski definition) is 1. The summed E-state index contributed by atoms with van der Waals surface area (Å²) in [4.78, 5) is 0. The number of benzene rings is 9. The minimum Gasteiger partial charge on any atom is -0.394 e. The van der Waals surface area contributed by atoms with Gasteiger partial charge in [0, 0.05) is 0 Å². The number of thioether (sulfide) groups is 1. The van der Waals surface area contributed by atoms with E-state index >= 15 is 0 Å². The highest BCUT2D eigenvalue weighted by Gasteiger charge is 2.56. The predicted molar refractivity (Wildman–Crippen MR) is 378 cm³/mol. The molecule has 12 rings (SSSR count). The van der Waals surface area contributed by atoms with Crippen LogP contribution in [0.2, 0.25) is 0 Å². The zero-order valence-electron chi connectivity index (χ0n) is 55.9. The van der Waals surface area contributed by atoms with Gasteiger partial charge in [-0.05, 0) is 55.8 Å². The molecule has 1 N–H and O–H groups in total. The second-order valence-electron chi connectivity index (χ2n) is 24.8. The molecular formula is C83H90O15S. The first kappa shape index (κ1) is 71.6. The second-order valence-corrected chi connectivity index (χ2v) is 26.2. The van der Waals surface area contributed by atoms with E-state index in [1.165, 1.54) is 0 Å². The van der Waals surface area contributed by atoms with Gasteiger partial charge in [-0.3, -0.25) is 0 Å². The van der Waals surface area contributed by atoms with Crippen LogP contribution in [0.3, 0.4) is 0 Å². The van der Waals surface area contributed by atoms with Crippen LogP contribution in [0.25, 0.3) is 0 Å². The van der Waals surface area contributed by atoms with Crippen LogP contribution in [0.4, 0.5) is 0 Å². The normalized spacial score (nSPS) is 25.5. The number of aliphatic hydroxyl groups is 1. The highest BCUT2D eigenvalue weighted by molar-refractivity contribution is 7.99. The van der Waals surface area contributed by atoms with Gasteiger partial charge in [0.05, 0.1) is 79.3 Å². The Morgan fingerprint density at radius 2 is 0.545 bits per heavy atom. The van der Waals surface area contributed by atoms with Gasteiger partial charge in [-0.2, -0.15) is 0 Å². The number of rotatable bonds is 36. The second kappa shape index (κ2) is 38.5. The fourth-order valence-electron chi connectivity index (χ4n) is 12.6. The van der Waals surface area contributed by atoms with Gasteiger partial charge >= 0.3 is 0 Å². The third kappa shape index (κ3) is 20.9. The van der Waals surface area contributed by atoms with Crippen molar-refractivity contribution in [2.45, 2.75) is 158 Å². The molecule has 0 aliphatic carbocycles. The van der Waals surface area contributed by atoms with Crippen molar-refractivity contribution in [3.8, 4) is 0 Å². The van der Waals surface area contributed by atoms with Crippen molar-refractivity contribution in [2.24, 2.45) is 0 Å². The monoisotopic (exact) mass is 1360 g/mol. The Balaban J connectivity index is 0.957. The van der Waals surface area contributed by atoms with Gasteiger partial charge in [-0.25, -0.2) is 0 Å². The topological polar surface area (TPSA) is 149 Å². The first-order valence-electron chi connectivity index (χ1n) is 34.3. The van der Waals surface area contributed by atoms with Crippen molar-refractivity contribution in [3.63, 3.8) is 0 Å². The summed E-state index contributed by atoms with van der Waals surface area (Å²) in [6.45, 7) is 3.53. The molecule has 0 radical (unpaired) electrons. The lowest BCUT2D eigenvalue weighted by Gasteiger charge is -2.50. The molecule has 3 heterocycles. The summed E-state index contributed by atoms with van der Waals surface area (Å²) < 4.78 is 101. The van der Waals surface area contributed by atoms with E-state index in [-0.39, 0.29) is 66.1 Å². The van der Waals surface area contributed by atoms with E-state index in [1.807, 2.05) is 249 Å². The molecule has 0 unspecified atom stereocenters. The van der Waals surface area contributed by atoms with Crippen molar-refractivity contribution < 1.29 is 71.4 Å². The third-order valence-corrected chi connectivity index (χ3v) is 18.7. The van der Waals surface area contributed by atoms with Crippen molar-refractivity contribution in [3.05, 3.63) is 323 Å². The number of ether oxygens (including phenoxy) is 14. The molecule has 3 fully saturated rings. The van der Waals surface area contributed by atoms with Crippen LogP contribution in [0.15, 0.2) is 273 Å². The Bertz CT molecular complexity index is 3640. The van der Waals surface area contributed by atoms with Crippen LogP contribution in [-0.2, 0) is 126 Å². The van der Waals surface area contributed by atoms with Gasteiger partial charge in [0.1, 0.15) is 78.7 Å². The Labute approximate surface area is 586 Å². The van der Waals surface area contributed by atoms with Crippen LogP contribution in [0.1, 0.15) is 57.0 Å². The minimum absolute atomic E-state index is 0.0606. The molecule has 99 heavy (non-hydrogen) atoms. The zero-order chi connectivity index (χ0) is 67.5. The summed E-state index contributed by atoms with van der Waals surface area (Å²) in [5, 5.41) is 11.7. The van der Waals surface area contributed by atoms with E-state index in [1.54, 1.807) is 11.8 Å². The van der Waals surface area contributed by atoms with Crippen molar-refractivity contribution in [1.29, 1.82) is 0 Å². The summed E-state index contributed by atoms with van der Waals surface area (Å²) in [5.41, 5.74) is 7.99. The summed E-state index contributed by atoms with van der Waals surface area (Å²) in [7, 11) is 0. The maximum absolute atomic E-state index is 11.7. The number of hydrogen-bond acceptors (Lipinski definition) is 16. The third-order valence-electron chi connectivity index (χ3n) is 17.7. The summed E-state index contributed by atoms with van der Waals surface area (Å²) in [6, 6.07) is 90.0. The molecule has 16 heteroatoms. The van der Waals surface area contributed by atoms with E-state index in [2.05, 4.69) is 31.2 Å². The molecule has 9 aromatic carbocycles. The molecule has 15 atom stereocenters. The van der Waals surface area contributed by atoms with E-state index in [0.717, 1.165) is 50.1 Å². The van der Waals surface area contributed by atoms with Crippen LogP contribution < -0.4 is 0 Å². The highest BCUT2D eigenvalue weighted by atomic mass is 32.2. The fraction of sp³-hybridized carbons (Fsp3) is 0.349. The van der Waals surface area contributed by atoms with Crippen LogP contribution in [-0.4, -0.2) is 122 Å². The van der Waals surface area contributed by atoms with Crippen molar-refractivity contribution in [1.82, 2.24) is 0 Å². The van der Waals surface area contributed by atoms with Crippen LogP contribution in [0.5, 0.6) is 0 Å². The molecular weight excluding hydrogens is 1270 g/mol. The average molecular weight is 1360 g/mol. The SMILES string of the molecule is CCS[C@H]1O[C@H](CO[C@H]2O[C@H](COCc3ccccc3)[C@@H](OCc3ccccc3)[C@H](OCc3ccccc3)[C@@H]2O[C@H]2O[C@H](CO)[C@@H](OCc3ccccc3)[C@H](OCc3ccccc3)[C@@H]2OCc2ccccc2)[C@@H](OCc2ccccc2)[C@H](OCc2ccccc2)[C@@H]1OCc1ccccc1. The lowest BCUT2D eigenvalue weighted by atomic mass is 9.95. The fourth-order valence-corrected chi connectivity index (χ4v) is 13.6. The zero-order valence-corrected chi connectivity index (χ0v) is 56.7. The molecule has 3 aliphatic rings. The van der Waals surface area contributed by atoms with Gasteiger partial charge in [0.25, 0.3) is 0 Å². The highest BCUT2D eigenvalue weighted by Crippen LogP contribution is 2.40. The Hall–Kier alpha value is -7.27. The molecule has 0 spiro atoms. The van der Waals surface area contributed by atoms with Crippen molar-refractivity contribution >= 4 is 11.8 Å². The Morgan fingerprint density at radius 1 is 0.273 bits per heavy atom. The smallest absolute Gasteiger partial charge is 0.187 e. The van der Waals surface area contributed by atoms with E-state index < -0.39 is 97.9 Å². The summed E-state index contributed by atoms with van der Waals surface area (Å²) in [5.74, 6) is 0.708.